The van der Waals surface area contributed by atoms with Crippen LogP contribution in [0.4, 0.5) is 4.39 Å². The first-order valence-electron chi connectivity index (χ1n) is 9.24. The normalized spacial score (nSPS) is 11.0. The van der Waals surface area contributed by atoms with Crippen molar-refractivity contribution in [3.63, 3.8) is 0 Å². The molecule has 4 nitrogen and oxygen atoms in total. The van der Waals surface area contributed by atoms with E-state index in [-0.39, 0.29) is 11.7 Å². The molecule has 0 radical (unpaired) electrons. The van der Waals surface area contributed by atoms with E-state index in [1.165, 1.54) is 23.1 Å². The largest absolute Gasteiger partial charge is 0.383 e. The van der Waals surface area contributed by atoms with Gasteiger partial charge < -0.3 is 14.6 Å². The van der Waals surface area contributed by atoms with Crippen LogP contribution in [-0.4, -0.2) is 30.7 Å². The number of nitrogens with zero attached hydrogens (tertiary/aromatic N) is 1. The SMILES string of the molecule is COCCNC(=O)CCCc1cn(Cc2ccc(F)cc2)c2ccccc12. The number of nitrogens with one attached hydrogen (secondary N) is 1. The van der Waals surface area contributed by atoms with Crippen molar-refractivity contribution in [1.29, 1.82) is 0 Å². The van der Waals surface area contributed by atoms with Gasteiger partial charge in [0.15, 0.2) is 0 Å². The zero-order valence-corrected chi connectivity index (χ0v) is 15.6. The first kappa shape index (κ1) is 19.1. The third-order valence-corrected chi connectivity index (χ3v) is 4.62. The number of halogens is 1. The molecule has 0 unspecified atom stereocenters. The summed E-state index contributed by atoms with van der Waals surface area (Å²) in [5.74, 6) is -0.164. The Morgan fingerprint density at radius 2 is 1.93 bits per heavy atom. The van der Waals surface area contributed by atoms with Crippen LogP contribution in [0.1, 0.15) is 24.0 Å². The minimum absolute atomic E-state index is 0.0575. The second kappa shape index (κ2) is 9.33. The molecule has 1 N–H and O–H groups in total. The molecule has 2 aromatic carbocycles. The van der Waals surface area contributed by atoms with Gasteiger partial charge in [-0.25, -0.2) is 4.39 Å². The van der Waals surface area contributed by atoms with Gasteiger partial charge in [0, 0.05) is 43.7 Å². The molecular formula is C22H25FN2O2. The third kappa shape index (κ3) is 5.17. The fraction of sp³-hybridized carbons (Fsp3) is 0.318. The van der Waals surface area contributed by atoms with Crippen LogP contribution in [0.15, 0.2) is 54.7 Å². The summed E-state index contributed by atoms with van der Waals surface area (Å²) in [5, 5.41) is 4.06. The number of carbonyl (C=O) groups excluding carboxylic acids is 1. The number of para-hydroxylation sites is 1. The Balaban J connectivity index is 1.67. The van der Waals surface area contributed by atoms with Crippen molar-refractivity contribution in [3.05, 3.63) is 71.7 Å². The van der Waals surface area contributed by atoms with Crippen LogP contribution in [0.5, 0.6) is 0 Å². The van der Waals surface area contributed by atoms with E-state index >= 15 is 0 Å². The highest BCUT2D eigenvalue weighted by atomic mass is 19.1. The quantitative estimate of drug-likeness (QED) is 0.582. The smallest absolute Gasteiger partial charge is 0.220 e. The van der Waals surface area contributed by atoms with Gasteiger partial charge in [0.2, 0.25) is 5.91 Å². The molecule has 0 saturated heterocycles. The standard InChI is InChI=1S/C22H25FN2O2/c1-27-14-13-24-22(26)8-4-5-18-16-25(21-7-3-2-6-20(18)21)15-17-9-11-19(23)12-10-17/h2-3,6-7,9-12,16H,4-5,8,13-15H2,1H3,(H,24,26). The van der Waals surface area contributed by atoms with E-state index in [9.17, 15) is 9.18 Å². The molecule has 27 heavy (non-hydrogen) atoms. The number of hydrogen-bond donors (Lipinski definition) is 1. The van der Waals surface area contributed by atoms with Gasteiger partial charge >= 0.3 is 0 Å². The second-order valence-electron chi connectivity index (χ2n) is 6.62. The summed E-state index contributed by atoms with van der Waals surface area (Å²) in [4.78, 5) is 11.8. The van der Waals surface area contributed by atoms with Crippen LogP contribution in [-0.2, 0) is 22.5 Å². The lowest BCUT2D eigenvalue weighted by atomic mass is 10.1. The predicted molar refractivity (Wildman–Crippen MR) is 105 cm³/mol. The molecule has 0 bridgehead atoms. The highest BCUT2D eigenvalue weighted by Gasteiger charge is 2.09. The van der Waals surface area contributed by atoms with Crippen molar-refractivity contribution in [1.82, 2.24) is 9.88 Å². The Morgan fingerprint density at radius 3 is 2.70 bits per heavy atom. The lowest BCUT2D eigenvalue weighted by Crippen LogP contribution is -2.26. The van der Waals surface area contributed by atoms with E-state index in [0.717, 1.165) is 23.9 Å². The number of amides is 1. The zero-order chi connectivity index (χ0) is 19.1. The minimum atomic E-state index is -0.222. The van der Waals surface area contributed by atoms with Gasteiger partial charge in [-0.1, -0.05) is 30.3 Å². The highest BCUT2D eigenvalue weighted by Crippen LogP contribution is 2.24. The van der Waals surface area contributed by atoms with Crippen LogP contribution < -0.4 is 5.32 Å². The monoisotopic (exact) mass is 368 g/mol. The molecule has 1 amide bonds. The molecule has 3 rings (SSSR count). The van der Waals surface area contributed by atoms with Crippen molar-refractivity contribution in [2.24, 2.45) is 0 Å². The number of aromatic nitrogens is 1. The van der Waals surface area contributed by atoms with E-state index in [0.29, 0.717) is 26.1 Å². The summed E-state index contributed by atoms with van der Waals surface area (Å²) in [7, 11) is 1.62. The van der Waals surface area contributed by atoms with E-state index in [2.05, 4.69) is 28.2 Å². The number of aryl methyl sites for hydroxylation is 1. The molecule has 1 aromatic heterocycles. The first-order valence-corrected chi connectivity index (χ1v) is 9.24. The molecule has 3 aromatic rings. The summed E-state index contributed by atoms with van der Waals surface area (Å²) in [6.07, 6.45) is 4.29. The molecular weight excluding hydrogens is 343 g/mol. The molecule has 0 saturated carbocycles. The fourth-order valence-electron chi connectivity index (χ4n) is 3.26. The molecule has 1 heterocycles. The van der Waals surface area contributed by atoms with E-state index in [1.807, 2.05) is 24.3 Å². The summed E-state index contributed by atoms with van der Waals surface area (Å²) in [5.41, 5.74) is 3.44. The molecule has 142 valence electrons. The number of benzene rings is 2. The van der Waals surface area contributed by atoms with Gasteiger partial charge in [-0.2, -0.15) is 0 Å². The molecule has 0 fully saturated rings. The second-order valence-corrected chi connectivity index (χ2v) is 6.62. The number of hydrogen-bond acceptors (Lipinski definition) is 2. The maximum Gasteiger partial charge on any atom is 0.220 e. The van der Waals surface area contributed by atoms with Gasteiger partial charge in [-0.15, -0.1) is 0 Å². The number of carbonyl (C=O) groups is 1. The van der Waals surface area contributed by atoms with Gasteiger partial charge in [-0.05, 0) is 42.2 Å². The summed E-state index contributed by atoms with van der Waals surface area (Å²) in [6, 6.07) is 14.9. The summed E-state index contributed by atoms with van der Waals surface area (Å²) < 4.78 is 20.3. The first-order chi connectivity index (χ1) is 13.2. The zero-order valence-electron chi connectivity index (χ0n) is 15.6. The van der Waals surface area contributed by atoms with Crippen LogP contribution in [0, 0.1) is 5.82 Å². The van der Waals surface area contributed by atoms with Gasteiger partial charge in [0.1, 0.15) is 5.82 Å². The van der Waals surface area contributed by atoms with Crippen molar-refractivity contribution in [3.8, 4) is 0 Å². The van der Waals surface area contributed by atoms with E-state index in [1.54, 1.807) is 7.11 Å². The Bertz CT molecular complexity index is 887. The number of rotatable bonds is 9. The van der Waals surface area contributed by atoms with E-state index in [4.69, 9.17) is 4.74 Å². The molecule has 0 aliphatic rings. The minimum Gasteiger partial charge on any atom is -0.383 e. The van der Waals surface area contributed by atoms with Crippen molar-refractivity contribution in [2.75, 3.05) is 20.3 Å². The average molecular weight is 368 g/mol. The molecule has 0 aliphatic heterocycles. The van der Waals surface area contributed by atoms with Crippen molar-refractivity contribution < 1.29 is 13.9 Å². The van der Waals surface area contributed by atoms with Gasteiger partial charge in [-0.3, -0.25) is 4.79 Å². The molecule has 0 atom stereocenters. The number of methoxy groups -OCH3 is 1. The third-order valence-electron chi connectivity index (χ3n) is 4.62. The summed E-state index contributed by atoms with van der Waals surface area (Å²) >= 11 is 0. The van der Waals surface area contributed by atoms with Crippen LogP contribution in [0.2, 0.25) is 0 Å². The Labute approximate surface area is 158 Å². The number of fused-ring (bicyclic) bond motifs is 1. The lowest BCUT2D eigenvalue weighted by molar-refractivity contribution is -0.121. The van der Waals surface area contributed by atoms with Crippen LogP contribution in [0.3, 0.4) is 0 Å². The Morgan fingerprint density at radius 1 is 1.15 bits per heavy atom. The lowest BCUT2D eigenvalue weighted by Gasteiger charge is -2.05. The van der Waals surface area contributed by atoms with Crippen LogP contribution >= 0.6 is 0 Å². The van der Waals surface area contributed by atoms with Gasteiger partial charge in [0.25, 0.3) is 0 Å². The maximum atomic E-state index is 13.1. The van der Waals surface area contributed by atoms with E-state index < -0.39 is 0 Å². The Hall–Kier alpha value is -2.66. The number of ether oxygens (including phenoxy) is 1. The summed E-state index contributed by atoms with van der Waals surface area (Å²) in [6.45, 7) is 1.77. The van der Waals surface area contributed by atoms with Gasteiger partial charge in [0.05, 0.1) is 6.61 Å². The predicted octanol–water partition coefficient (Wildman–Crippen LogP) is 3.91. The Kier molecular flexibility index (Phi) is 6.60. The maximum absolute atomic E-state index is 13.1. The highest BCUT2D eigenvalue weighted by molar-refractivity contribution is 5.84. The average Bonchev–Trinajstić information content (AvgIpc) is 3.02. The fourth-order valence-corrected chi connectivity index (χ4v) is 3.26. The molecule has 0 spiro atoms. The van der Waals surface area contributed by atoms with Crippen molar-refractivity contribution in [2.45, 2.75) is 25.8 Å². The van der Waals surface area contributed by atoms with Crippen molar-refractivity contribution >= 4 is 16.8 Å². The topological polar surface area (TPSA) is 43.3 Å². The molecule has 5 heteroatoms. The van der Waals surface area contributed by atoms with Crippen LogP contribution in [0.25, 0.3) is 10.9 Å². The molecule has 0 aliphatic carbocycles.